The lowest BCUT2D eigenvalue weighted by Crippen LogP contribution is -2.54. The minimum absolute atomic E-state index is 0.0382. The van der Waals surface area contributed by atoms with Crippen LogP contribution < -0.4 is 10.2 Å². The second-order valence-electron chi connectivity index (χ2n) is 7.19. The smallest absolute Gasteiger partial charge is 0.353 e. The van der Waals surface area contributed by atoms with Gasteiger partial charge in [-0.3, -0.25) is 0 Å². The Bertz CT molecular complexity index is 612. The van der Waals surface area contributed by atoms with Crippen molar-refractivity contribution in [1.29, 1.82) is 0 Å². The van der Waals surface area contributed by atoms with Crippen LogP contribution in [0.2, 0.25) is 0 Å². The molecule has 0 aromatic carbocycles. The van der Waals surface area contributed by atoms with Gasteiger partial charge in [0.2, 0.25) is 0 Å². The molecule has 2 heterocycles. The average Bonchev–Trinajstić information content (AvgIpc) is 2.63. The number of urea groups is 1. The molecule has 0 bridgehead atoms. The van der Waals surface area contributed by atoms with E-state index >= 15 is 0 Å². The van der Waals surface area contributed by atoms with Gasteiger partial charge in [-0.2, -0.15) is 13.2 Å². The summed E-state index contributed by atoms with van der Waals surface area (Å²) in [7, 11) is 0. The number of pyridine rings is 1. The van der Waals surface area contributed by atoms with Crippen molar-refractivity contribution in [2.24, 2.45) is 5.92 Å². The van der Waals surface area contributed by atoms with Crippen LogP contribution in [0.25, 0.3) is 0 Å². The molecule has 1 N–H and O–H groups in total. The van der Waals surface area contributed by atoms with E-state index in [1.807, 2.05) is 4.90 Å². The molecule has 3 rings (SSSR count). The number of hydrogen-bond acceptors (Lipinski definition) is 3. The minimum Gasteiger partial charge on any atom is -0.353 e. The number of piperazine rings is 1. The van der Waals surface area contributed by atoms with E-state index < -0.39 is 11.7 Å². The summed E-state index contributed by atoms with van der Waals surface area (Å²) >= 11 is 0. The molecule has 8 heteroatoms. The van der Waals surface area contributed by atoms with E-state index in [0.29, 0.717) is 37.9 Å². The Morgan fingerprint density at radius 1 is 1.15 bits per heavy atom. The highest BCUT2D eigenvalue weighted by Crippen LogP contribution is 2.29. The summed E-state index contributed by atoms with van der Waals surface area (Å²) in [6.07, 6.45) is 1.05. The third-order valence-corrected chi connectivity index (χ3v) is 5.39. The molecule has 1 saturated heterocycles. The number of halogens is 3. The van der Waals surface area contributed by atoms with E-state index in [1.54, 1.807) is 4.90 Å². The van der Waals surface area contributed by atoms with Gasteiger partial charge in [0.05, 0.1) is 5.56 Å². The minimum atomic E-state index is -4.38. The standard InChI is InChI=1S/C18H25F3N4O/c1-13-4-2-3-5-15(13)23-17(26)25-10-8-24(9-11-25)16-7-6-14(12-22-16)18(19,20)21/h6-7,12-13,15H,2-5,8-11H2,1H3,(H,23,26). The van der Waals surface area contributed by atoms with Crippen molar-refractivity contribution < 1.29 is 18.0 Å². The van der Waals surface area contributed by atoms with E-state index in [4.69, 9.17) is 0 Å². The van der Waals surface area contributed by atoms with Crippen molar-refractivity contribution in [2.45, 2.75) is 44.8 Å². The highest BCUT2D eigenvalue weighted by atomic mass is 19.4. The fourth-order valence-electron chi connectivity index (χ4n) is 3.66. The monoisotopic (exact) mass is 370 g/mol. The maximum atomic E-state index is 12.6. The number of alkyl halides is 3. The van der Waals surface area contributed by atoms with Crippen LogP contribution in [0.15, 0.2) is 18.3 Å². The van der Waals surface area contributed by atoms with Crippen LogP contribution in [0.4, 0.5) is 23.8 Å². The maximum absolute atomic E-state index is 12.6. The summed E-state index contributed by atoms with van der Waals surface area (Å²) < 4.78 is 37.9. The van der Waals surface area contributed by atoms with Gasteiger partial charge in [0.1, 0.15) is 5.82 Å². The Labute approximate surface area is 151 Å². The van der Waals surface area contributed by atoms with Crippen LogP contribution in [0.5, 0.6) is 0 Å². The number of rotatable bonds is 2. The molecule has 2 aliphatic rings. The topological polar surface area (TPSA) is 48.5 Å². The summed E-state index contributed by atoms with van der Waals surface area (Å²) in [5.41, 5.74) is -0.749. The van der Waals surface area contributed by atoms with Gasteiger partial charge >= 0.3 is 12.2 Å². The van der Waals surface area contributed by atoms with Crippen molar-refractivity contribution in [1.82, 2.24) is 15.2 Å². The molecule has 1 aromatic heterocycles. The molecule has 1 aliphatic heterocycles. The molecular formula is C18H25F3N4O. The molecule has 2 amide bonds. The van der Waals surface area contributed by atoms with Gasteiger partial charge in [0.25, 0.3) is 0 Å². The van der Waals surface area contributed by atoms with Gasteiger partial charge in [0, 0.05) is 38.4 Å². The maximum Gasteiger partial charge on any atom is 0.417 e. The van der Waals surface area contributed by atoms with Crippen LogP contribution in [0, 0.1) is 5.92 Å². The number of amides is 2. The number of aromatic nitrogens is 1. The Hall–Kier alpha value is -1.99. The molecule has 2 unspecified atom stereocenters. The highest BCUT2D eigenvalue weighted by Gasteiger charge is 2.31. The van der Waals surface area contributed by atoms with E-state index in [2.05, 4.69) is 17.2 Å². The summed E-state index contributed by atoms with van der Waals surface area (Å²) in [6, 6.07) is 2.64. The first kappa shape index (κ1) is 18.8. The lowest BCUT2D eigenvalue weighted by molar-refractivity contribution is -0.137. The lowest BCUT2D eigenvalue weighted by atomic mass is 9.86. The Morgan fingerprint density at radius 2 is 1.85 bits per heavy atom. The molecule has 1 saturated carbocycles. The normalized spacial score (nSPS) is 24.5. The second-order valence-corrected chi connectivity index (χ2v) is 7.19. The molecule has 144 valence electrons. The summed E-state index contributed by atoms with van der Waals surface area (Å²) in [4.78, 5) is 20.1. The molecule has 1 aromatic rings. The molecule has 0 radical (unpaired) electrons. The SMILES string of the molecule is CC1CCCCC1NC(=O)N1CCN(c2ccc(C(F)(F)F)cn2)CC1. The summed E-state index contributed by atoms with van der Waals surface area (Å²) in [5, 5.41) is 3.14. The van der Waals surface area contributed by atoms with Crippen molar-refractivity contribution >= 4 is 11.8 Å². The molecular weight excluding hydrogens is 345 g/mol. The van der Waals surface area contributed by atoms with E-state index in [-0.39, 0.29) is 12.1 Å². The van der Waals surface area contributed by atoms with E-state index in [9.17, 15) is 18.0 Å². The molecule has 1 aliphatic carbocycles. The molecule has 2 fully saturated rings. The molecule has 26 heavy (non-hydrogen) atoms. The van der Waals surface area contributed by atoms with E-state index in [0.717, 1.165) is 31.5 Å². The van der Waals surface area contributed by atoms with Crippen molar-refractivity contribution in [2.75, 3.05) is 31.1 Å². The molecule has 5 nitrogen and oxygen atoms in total. The highest BCUT2D eigenvalue weighted by molar-refractivity contribution is 5.75. The zero-order chi connectivity index (χ0) is 18.7. The fourth-order valence-corrected chi connectivity index (χ4v) is 3.66. The summed E-state index contributed by atoms with van der Waals surface area (Å²) in [5.74, 6) is 1.02. The van der Waals surface area contributed by atoms with E-state index in [1.165, 1.54) is 12.5 Å². The van der Waals surface area contributed by atoms with Gasteiger partial charge in [-0.15, -0.1) is 0 Å². The van der Waals surface area contributed by atoms with Gasteiger partial charge in [-0.05, 0) is 30.9 Å². The first-order chi connectivity index (χ1) is 12.3. The van der Waals surface area contributed by atoms with Crippen molar-refractivity contribution in [3.05, 3.63) is 23.9 Å². The fraction of sp³-hybridized carbons (Fsp3) is 0.667. The van der Waals surface area contributed by atoms with Crippen LogP contribution >= 0.6 is 0 Å². The predicted octanol–water partition coefficient (Wildman–Crippen LogP) is 3.51. The quantitative estimate of drug-likeness (QED) is 0.867. The number of hydrogen-bond donors (Lipinski definition) is 1. The van der Waals surface area contributed by atoms with Crippen LogP contribution in [0.1, 0.15) is 38.2 Å². The third-order valence-electron chi connectivity index (χ3n) is 5.39. The van der Waals surface area contributed by atoms with Crippen LogP contribution in [-0.2, 0) is 6.18 Å². The first-order valence-electron chi connectivity index (χ1n) is 9.18. The Morgan fingerprint density at radius 3 is 2.42 bits per heavy atom. The number of nitrogens with zero attached hydrogens (tertiary/aromatic N) is 3. The largest absolute Gasteiger partial charge is 0.417 e. The van der Waals surface area contributed by atoms with Crippen molar-refractivity contribution in [3.63, 3.8) is 0 Å². The van der Waals surface area contributed by atoms with Gasteiger partial charge in [-0.1, -0.05) is 19.8 Å². The molecule has 0 spiro atoms. The number of nitrogens with one attached hydrogen (secondary N) is 1. The number of carbonyl (C=O) groups excluding carboxylic acids is 1. The number of carbonyl (C=O) groups is 1. The van der Waals surface area contributed by atoms with Gasteiger partial charge < -0.3 is 15.1 Å². The average molecular weight is 370 g/mol. The second kappa shape index (κ2) is 7.72. The first-order valence-corrected chi connectivity index (χ1v) is 9.18. The van der Waals surface area contributed by atoms with Gasteiger partial charge in [-0.25, -0.2) is 9.78 Å². The number of anilines is 1. The van der Waals surface area contributed by atoms with Crippen LogP contribution in [0.3, 0.4) is 0 Å². The van der Waals surface area contributed by atoms with Crippen molar-refractivity contribution in [3.8, 4) is 0 Å². The lowest BCUT2D eigenvalue weighted by Gasteiger charge is -2.37. The Balaban J connectivity index is 1.51. The molecule has 2 atom stereocenters. The zero-order valence-corrected chi connectivity index (χ0v) is 14.9. The van der Waals surface area contributed by atoms with Crippen LogP contribution in [-0.4, -0.2) is 48.1 Å². The third kappa shape index (κ3) is 4.40. The summed E-state index contributed by atoms with van der Waals surface area (Å²) in [6.45, 7) is 4.38. The Kier molecular flexibility index (Phi) is 5.58. The predicted molar refractivity (Wildman–Crippen MR) is 93.0 cm³/mol. The zero-order valence-electron chi connectivity index (χ0n) is 14.9. The van der Waals surface area contributed by atoms with Gasteiger partial charge in [0.15, 0.2) is 0 Å².